The molecule has 0 aliphatic heterocycles. The van der Waals surface area contributed by atoms with E-state index in [0.29, 0.717) is 10.9 Å². The van der Waals surface area contributed by atoms with E-state index < -0.39 is 0 Å². The van der Waals surface area contributed by atoms with Crippen molar-refractivity contribution in [1.29, 1.82) is 0 Å². The minimum absolute atomic E-state index is 0.533. The Morgan fingerprint density at radius 3 is 2.58 bits per heavy atom. The van der Waals surface area contributed by atoms with Gasteiger partial charge in [0.1, 0.15) is 5.75 Å². The van der Waals surface area contributed by atoms with E-state index in [1.165, 1.54) is 16.7 Å². The van der Waals surface area contributed by atoms with Crippen LogP contribution in [0.5, 0.6) is 5.75 Å². The van der Waals surface area contributed by atoms with Gasteiger partial charge in [-0.3, -0.25) is 0 Å². The molecular formula is C16H25NOS. The van der Waals surface area contributed by atoms with Crippen molar-refractivity contribution in [3.8, 4) is 5.75 Å². The van der Waals surface area contributed by atoms with E-state index in [9.17, 15) is 0 Å². The number of nitrogens with two attached hydrogens (primary N) is 1. The highest BCUT2D eigenvalue weighted by Crippen LogP contribution is 2.27. The van der Waals surface area contributed by atoms with E-state index in [1.807, 2.05) is 0 Å². The summed E-state index contributed by atoms with van der Waals surface area (Å²) in [6.45, 7) is 9.31. The van der Waals surface area contributed by atoms with Crippen molar-refractivity contribution in [3.63, 3.8) is 0 Å². The fourth-order valence-electron chi connectivity index (χ4n) is 2.14. The van der Waals surface area contributed by atoms with Crippen molar-refractivity contribution in [2.75, 3.05) is 6.61 Å². The van der Waals surface area contributed by atoms with Crippen LogP contribution in [0.4, 0.5) is 0 Å². The Morgan fingerprint density at radius 1 is 1.32 bits per heavy atom. The Balaban J connectivity index is 2.83. The summed E-state index contributed by atoms with van der Waals surface area (Å²) < 4.78 is 5.98. The lowest BCUT2D eigenvalue weighted by molar-refractivity contribution is 0.267. The smallest absolute Gasteiger partial charge is 0.125 e. The number of aryl methyl sites for hydroxylation is 3. The van der Waals surface area contributed by atoms with Crippen LogP contribution in [0, 0.1) is 19.8 Å². The highest BCUT2D eigenvalue weighted by atomic mass is 32.1. The molecule has 0 aliphatic rings. The lowest BCUT2D eigenvalue weighted by Gasteiger charge is -2.16. The fraction of sp³-hybridized carbons (Fsp3) is 0.562. The van der Waals surface area contributed by atoms with Crippen molar-refractivity contribution >= 4 is 17.2 Å². The standard InChI is InChI=1S/C16H25NOS/c1-11(2)10-18-16-13(4)8-12(3)9-14(16)6-5-7-15(17)19/h8-9,11H,5-7,10H2,1-4H3,(H2,17,19). The molecule has 2 nitrogen and oxygen atoms in total. The molecule has 0 aliphatic carbocycles. The maximum Gasteiger partial charge on any atom is 0.125 e. The Bertz CT molecular complexity index is 441. The SMILES string of the molecule is Cc1cc(C)c(OCC(C)C)c(CCCC(N)=S)c1. The lowest BCUT2D eigenvalue weighted by Crippen LogP contribution is -2.09. The highest BCUT2D eigenvalue weighted by Gasteiger charge is 2.09. The minimum atomic E-state index is 0.533. The second-order valence-corrected chi connectivity index (χ2v) is 6.12. The number of ether oxygens (including phenoxy) is 1. The van der Waals surface area contributed by atoms with Gasteiger partial charge in [0.05, 0.1) is 11.6 Å². The molecule has 19 heavy (non-hydrogen) atoms. The molecule has 0 heterocycles. The summed E-state index contributed by atoms with van der Waals surface area (Å²) in [6, 6.07) is 4.38. The molecule has 0 atom stereocenters. The van der Waals surface area contributed by atoms with Gasteiger partial charge in [0, 0.05) is 0 Å². The summed E-state index contributed by atoms with van der Waals surface area (Å²) in [5, 5.41) is 0. The molecule has 0 bridgehead atoms. The molecule has 0 aromatic heterocycles. The molecule has 1 aromatic rings. The zero-order valence-corrected chi connectivity index (χ0v) is 13.3. The van der Waals surface area contributed by atoms with Gasteiger partial charge in [-0.05, 0) is 50.2 Å². The van der Waals surface area contributed by atoms with Gasteiger partial charge >= 0.3 is 0 Å². The summed E-state index contributed by atoms with van der Waals surface area (Å²) in [7, 11) is 0. The molecule has 106 valence electrons. The van der Waals surface area contributed by atoms with Gasteiger partial charge in [-0.25, -0.2) is 0 Å². The largest absolute Gasteiger partial charge is 0.493 e. The zero-order valence-electron chi connectivity index (χ0n) is 12.5. The monoisotopic (exact) mass is 279 g/mol. The molecule has 0 unspecified atom stereocenters. The molecule has 0 amide bonds. The van der Waals surface area contributed by atoms with Crippen LogP contribution in [0.3, 0.4) is 0 Å². The molecule has 2 N–H and O–H groups in total. The first-order valence-corrected chi connectivity index (χ1v) is 7.32. The molecule has 3 heteroatoms. The van der Waals surface area contributed by atoms with Crippen LogP contribution in [-0.4, -0.2) is 11.6 Å². The highest BCUT2D eigenvalue weighted by molar-refractivity contribution is 7.80. The first-order valence-electron chi connectivity index (χ1n) is 6.91. The average molecular weight is 279 g/mol. The van der Waals surface area contributed by atoms with Crippen LogP contribution in [0.1, 0.15) is 43.4 Å². The van der Waals surface area contributed by atoms with Crippen LogP contribution in [0.15, 0.2) is 12.1 Å². The number of hydrogen-bond acceptors (Lipinski definition) is 2. The fourth-order valence-corrected chi connectivity index (χ4v) is 2.28. The lowest BCUT2D eigenvalue weighted by atomic mass is 10.0. The number of benzene rings is 1. The van der Waals surface area contributed by atoms with Crippen molar-refractivity contribution in [2.45, 2.75) is 47.0 Å². The van der Waals surface area contributed by atoms with E-state index >= 15 is 0 Å². The second kappa shape index (κ2) is 7.49. The van der Waals surface area contributed by atoms with Crippen molar-refractivity contribution < 1.29 is 4.74 Å². The van der Waals surface area contributed by atoms with Crippen LogP contribution in [0.2, 0.25) is 0 Å². The predicted octanol–water partition coefficient (Wildman–Crippen LogP) is 3.95. The van der Waals surface area contributed by atoms with E-state index in [1.54, 1.807) is 0 Å². The van der Waals surface area contributed by atoms with Gasteiger partial charge in [-0.1, -0.05) is 43.8 Å². The van der Waals surface area contributed by atoms with Gasteiger partial charge in [-0.2, -0.15) is 0 Å². The summed E-state index contributed by atoms with van der Waals surface area (Å²) in [6.07, 6.45) is 2.75. The molecule has 0 spiro atoms. The normalized spacial score (nSPS) is 10.8. The van der Waals surface area contributed by atoms with E-state index in [4.69, 9.17) is 22.7 Å². The van der Waals surface area contributed by atoms with Gasteiger partial charge in [0.2, 0.25) is 0 Å². The molecule has 0 saturated carbocycles. The molecular weight excluding hydrogens is 254 g/mol. The Morgan fingerprint density at radius 2 is 2.00 bits per heavy atom. The molecule has 0 saturated heterocycles. The third-order valence-corrected chi connectivity index (χ3v) is 3.13. The first kappa shape index (κ1) is 16.0. The summed E-state index contributed by atoms with van der Waals surface area (Å²) >= 11 is 4.93. The maximum atomic E-state index is 5.98. The van der Waals surface area contributed by atoms with Crippen LogP contribution >= 0.6 is 12.2 Å². The van der Waals surface area contributed by atoms with E-state index in [-0.39, 0.29) is 0 Å². The van der Waals surface area contributed by atoms with Gasteiger partial charge in [-0.15, -0.1) is 0 Å². The topological polar surface area (TPSA) is 35.2 Å². The van der Waals surface area contributed by atoms with Crippen molar-refractivity contribution in [1.82, 2.24) is 0 Å². The van der Waals surface area contributed by atoms with Crippen LogP contribution in [0.25, 0.3) is 0 Å². The molecule has 0 radical (unpaired) electrons. The summed E-state index contributed by atoms with van der Waals surface area (Å²) in [4.78, 5) is 0.592. The zero-order chi connectivity index (χ0) is 14.4. The van der Waals surface area contributed by atoms with Gasteiger partial charge in [0.15, 0.2) is 0 Å². The second-order valence-electron chi connectivity index (χ2n) is 5.59. The first-order chi connectivity index (χ1) is 8.90. The number of rotatable bonds is 7. The van der Waals surface area contributed by atoms with Gasteiger partial charge in [0.25, 0.3) is 0 Å². The predicted molar refractivity (Wildman–Crippen MR) is 86.0 cm³/mol. The average Bonchev–Trinajstić information content (AvgIpc) is 2.26. The number of thiocarbonyl (C=S) groups is 1. The third-order valence-electron chi connectivity index (χ3n) is 2.93. The minimum Gasteiger partial charge on any atom is -0.493 e. The Labute approximate surface area is 122 Å². The van der Waals surface area contributed by atoms with E-state index in [2.05, 4.69) is 39.8 Å². The molecule has 1 aromatic carbocycles. The Hall–Kier alpha value is -1.09. The maximum absolute atomic E-state index is 5.98. The number of hydrogen-bond donors (Lipinski definition) is 1. The quantitative estimate of drug-likeness (QED) is 0.768. The summed E-state index contributed by atoms with van der Waals surface area (Å²) in [5.41, 5.74) is 9.32. The van der Waals surface area contributed by atoms with Crippen molar-refractivity contribution in [2.24, 2.45) is 11.7 Å². The van der Waals surface area contributed by atoms with E-state index in [0.717, 1.165) is 31.6 Å². The van der Waals surface area contributed by atoms with Crippen LogP contribution in [-0.2, 0) is 6.42 Å². The third kappa shape index (κ3) is 5.60. The summed E-state index contributed by atoms with van der Waals surface area (Å²) in [5.74, 6) is 1.58. The van der Waals surface area contributed by atoms with Crippen molar-refractivity contribution in [3.05, 3.63) is 28.8 Å². The van der Waals surface area contributed by atoms with Gasteiger partial charge < -0.3 is 10.5 Å². The van der Waals surface area contributed by atoms with Crippen LogP contribution < -0.4 is 10.5 Å². The Kier molecular flexibility index (Phi) is 6.29. The molecule has 0 fully saturated rings. The molecule has 1 rings (SSSR count).